The molecule has 0 bridgehead atoms. The Morgan fingerprint density at radius 2 is 2.11 bits per heavy atom. The zero-order chi connectivity index (χ0) is 13.1. The molecule has 1 aliphatic rings. The highest BCUT2D eigenvalue weighted by molar-refractivity contribution is 5.79. The number of benzene rings is 1. The van der Waals surface area contributed by atoms with Crippen molar-refractivity contribution in [1.29, 1.82) is 0 Å². The van der Waals surface area contributed by atoms with Crippen molar-refractivity contribution >= 4 is 5.91 Å². The third kappa shape index (κ3) is 2.48. The van der Waals surface area contributed by atoms with Crippen LogP contribution in [0.15, 0.2) is 24.3 Å². The average molecular weight is 249 g/mol. The van der Waals surface area contributed by atoms with Crippen LogP contribution in [0.25, 0.3) is 0 Å². The van der Waals surface area contributed by atoms with Crippen molar-refractivity contribution in [3.8, 4) is 5.75 Å². The van der Waals surface area contributed by atoms with E-state index >= 15 is 0 Å². The molecule has 4 heteroatoms. The first kappa shape index (κ1) is 12.9. The number of aliphatic hydroxyl groups is 1. The molecule has 4 nitrogen and oxygen atoms in total. The minimum atomic E-state index is 0.0416. The maximum absolute atomic E-state index is 11.9. The van der Waals surface area contributed by atoms with Gasteiger partial charge in [-0.2, -0.15) is 0 Å². The van der Waals surface area contributed by atoms with E-state index in [1.807, 2.05) is 36.1 Å². The Balaban J connectivity index is 2.10. The molecule has 18 heavy (non-hydrogen) atoms. The number of likely N-dealkylation sites (tertiary alicyclic amines) is 1. The number of nitrogens with zero attached hydrogens (tertiary/aromatic N) is 1. The first-order valence-corrected chi connectivity index (χ1v) is 6.20. The Morgan fingerprint density at radius 1 is 1.44 bits per heavy atom. The highest BCUT2D eigenvalue weighted by Gasteiger charge is 2.32. The zero-order valence-electron chi connectivity index (χ0n) is 10.8. The molecule has 1 saturated heterocycles. The maximum atomic E-state index is 11.9. The van der Waals surface area contributed by atoms with Crippen molar-refractivity contribution in [3.05, 3.63) is 29.8 Å². The van der Waals surface area contributed by atoms with Gasteiger partial charge in [0, 0.05) is 25.5 Å². The SMILES string of the molecule is COc1ccc([C@H](C)N2C[C@@H](CO)CC2=O)cc1. The molecule has 0 unspecified atom stereocenters. The van der Waals surface area contributed by atoms with E-state index in [0.29, 0.717) is 13.0 Å². The molecule has 0 radical (unpaired) electrons. The lowest BCUT2D eigenvalue weighted by atomic mass is 10.1. The summed E-state index contributed by atoms with van der Waals surface area (Å²) in [6.45, 7) is 2.74. The van der Waals surface area contributed by atoms with Crippen molar-refractivity contribution < 1.29 is 14.6 Å². The monoisotopic (exact) mass is 249 g/mol. The normalized spacial score (nSPS) is 21.2. The van der Waals surface area contributed by atoms with Crippen LogP contribution in [0.3, 0.4) is 0 Å². The lowest BCUT2D eigenvalue weighted by molar-refractivity contribution is -0.129. The third-order valence-corrected chi connectivity index (χ3v) is 3.56. The summed E-state index contributed by atoms with van der Waals surface area (Å²) in [5.41, 5.74) is 1.09. The second-order valence-electron chi connectivity index (χ2n) is 4.75. The van der Waals surface area contributed by atoms with Gasteiger partial charge < -0.3 is 14.7 Å². The Morgan fingerprint density at radius 3 is 2.61 bits per heavy atom. The van der Waals surface area contributed by atoms with E-state index < -0.39 is 0 Å². The van der Waals surface area contributed by atoms with Gasteiger partial charge in [0.15, 0.2) is 0 Å². The van der Waals surface area contributed by atoms with Crippen molar-refractivity contribution in [3.63, 3.8) is 0 Å². The Hall–Kier alpha value is -1.55. The second-order valence-corrected chi connectivity index (χ2v) is 4.75. The molecule has 2 atom stereocenters. The highest BCUT2D eigenvalue weighted by Crippen LogP contribution is 2.29. The molecule has 98 valence electrons. The number of carbonyl (C=O) groups is 1. The number of ether oxygens (including phenoxy) is 1. The molecule has 1 fully saturated rings. The van der Waals surface area contributed by atoms with Gasteiger partial charge in [-0.1, -0.05) is 12.1 Å². The largest absolute Gasteiger partial charge is 0.497 e. The fraction of sp³-hybridized carbons (Fsp3) is 0.500. The van der Waals surface area contributed by atoms with Crippen molar-refractivity contribution in [2.75, 3.05) is 20.3 Å². The van der Waals surface area contributed by atoms with E-state index in [1.54, 1.807) is 7.11 Å². The number of hydrogen-bond donors (Lipinski definition) is 1. The lowest BCUT2D eigenvalue weighted by Crippen LogP contribution is -2.28. The Labute approximate surface area is 107 Å². The Kier molecular flexibility index (Phi) is 3.87. The van der Waals surface area contributed by atoms with Crippen LogP contribution in [-0.4, -0.2) is 36.2 Å². The predicted octanol–water partition coefficient (Wildman–Crippen LogP) is 1.60. The molecule has 1 aliphatic heterocycles. The van der Waals surface area contributed by atoms with E-state index in [0.717, 1.165) is 11.3 Å². The van der Waals surface area contributed by atoms with Crippen LogP contribution in [0.4, 0.5) is 0 Å². The van der Waals surface area contributed by atoms with Gasteiger partial charge in [-0.25, -0.2) is 0 Å². The second kappa shape index (κ2) is 5.40. The Bertz CT molecular complexity index is 416. The predicted molar refractivity (Wildman–Crippen MR) is 68.3 cm³/mol. The fourth-order valence-electron chi connectivity index (χ4n) is 2.37. The summed E-state index contributed by atoms with van der Waals surface area (Å²) in [6, 6.07) is 7.79. The number of carbonyl (C=O) groups excluding carboxylic acids is 1. The third-order valence-electron chi connectivity index (χ3n) is 3.56. The molecule has 0 aromatic heterocycles. The van der Waals surface area contributed by atoms with Crippen LogP contribution in [-0.2, 0) is 4.79 Å². The van der Waals surface area contributed by atoms with Crippen LogP contribution in [0.1, 0.15) is 24.9 Å². The van der Waals surface area contributed by atoms with Gasteiger partial charge in [0.05, 0.1) is 13.2 Å². The number of methoxy groups -OCH3 is 1. The van der Waals surface area contributed by atoms with Crippen molar-refractivity contribution in [2.45, 2.75) is 19.4 Å². The molecule has 0 saturated carbocycles. The number of aliphatic hydroxyl groups excluding tert-OH is 1. The van der Waals surface area contributed by atoms with E-state index in [9.17, 15) is 4.79 Å². The van der Waals surface area contributed by atoms with Crippen molar-refractivity contribution in [2.24, 2.45) is 5.92 Å². The van der Waals surface area contributed by atoms with E-state index in [-0.39, 0.29) is 24.5 Å². The standard InChI is InChI=1S/C14H19NO3/c1-10(12-3-5-13(18-2)6-4-12)15-8-11(9-16)7-14(15)17/h3-6,10-11,16H,7-9H2,1-2H3/t10-,11-/m0/s1. The van der Waals surface area contributed by atoms with Crippen LogP contribution >= 0.6 is 0 Å². The number of amides is 1. The summed E-state index contributed by atoms with van der Waals surface area (Å²) in [5, 5.41) is 9.13. The maximum Gasteiger partial charge on any atom is 0.223 e. The molecule has 1 aromatic carbocycles. The zero-order valence-corrected chi connectivity index (χ0v) is 10.8. The summed E-state index contributed by atoms with van der Waals surface area (Å²) in [4.78, 5) is 13.7. The smallest absolute Gasteiger partial charge is 0.223 e. The van der Waals surface area contributed by atoms with Gasteiger partial charge in [-0.3, -0.25) is 4.79 Å². The molecular weight excluding hydrogens is 230 g/mol. The fourth-order valence-corrected chi connectivity index (χ4v) is 2.37. The van der Waals surface area contributed by atoms with Gasteiger partial charge in [-0.05, 0) is 24.6 Å². The minimum absolute atomic E-state index is 0.0416. The van der Waals surface area contributed by atoms with Crippen LogP contribution < -0.4 is 4.74 Å². The highest BCUT2D eigenvalue weighted by atomic mass is 16.5. The molecule has 0 spiro atoms. The summed E-state index contributed by atoms with van der Waals surface area (Å²) in [7, 11) is 1.63. The van der Waals surface area contributed by atoms with Crippen LogP contribution in [0, 0.1) is 5.92 Å². The minimum Gasteiger partial charge on any atom is -0.497 e. The first-order valence-electron chi connectivity index (χ1n) is 6.20. The molecule has 1 aromatic rings. The van der Waals surface area contributed by atoms with E-state index in [1.165, 1.54) is 0 Å². The topological polar surface area (TPSA) is 49.8 Å². The molecule has 2 rings (SSSR count). The number of hydrogen-bond acceptors (Lipinski definition) is 3. The van der Waals surface area contributed by atoms with Gasteiger partial charge in [0.25, 0.3) is 0 Å². The molecule has 1 N–H and O–H groups in total. The van der Waals surface area contributed by atoms with Gasteiger partial charge >= 0.3 is 0 Å². The molecule has 0 aliphatic carbocycles. The summed E-state index contributed by atoms with van der Waals surface area (Å²) < 4.78 is 5.12. The van der Waals surface area contributed by atoms with E-state index in [4.69, 9.17) is 9.84 Å². The van der Waals surface area contributed by atoms with Gasteiger partial charge in [0.1, 0.15) is 5.75 Å². The molecule has 1 amide bonds. The van der Waals surface area contributed by atoms with Crippen molar-refractivity contribution in [1.82, 2.24) is 4.90 Å². The van der Waals surface area contributed by atoms with Gasteiger partial charge in [0.2, 0.25) is 5.91 Å². The summed E-state index contributed by atoms with van der Waals surface area (Å²) in [6.07, 6.45) is 0.455. The summed E-state index contributed by atoms with van der Waals surface area (Å²) in [5.74, 6) is 1.02. The molecular formula is C14H19NO3. The quantitative estimate of drug-likeness (QED) is 0.881. The molecule has 1 heterocycles. The number of rotatable bonds is 4. The first-order chi connectivity index (χ1) is 8.65. The summed E-state index contributed by atoms with van der Waals surface area (Å²) >= 11 is 0. The van der Waals surface area contributed by atoms with Crippen LogP contribution in [0.5, 0.6) is 5.75 Å². The van der Waals surface area contributed by atoms with E-state index in [2.05, 4.69) is 0 Å². The van der Waals surface area contributed by atoms with Crippen LogP contribution in [0.2, 0.25) is 0 Å². The average Bonchev–Trinajstić information content (AvgIpc) is 2.79. The van der Waals surface area contributed by atoms with Gasteiger partial charge in [-0.15, -0.1) is 0 Å². The lowest BCUT2D eigenvalue weighted by Gasteiger charge is -2.25.